The van der Waals surface area contributed by atoms with Gasteiger partial charge in [0.1, 0.15) is 11.6 Å². The number of fused-ring (bicyclic) bond motifs is 6. The molecule has 0 bridgehead atoms. The maximum absolute atomic E-state index is 4.71. The fraction of sp³-hybridized carbons (Fsp3) is 0.100. The normalized spacial score (nSPS) is 13.9. The average molecular weight is 853 g/mol. The number of aromatic nitrogens is 4. The van der Waals surface area contributed by atoms with E-state index in [4.69, 9.17) is 9.97 Å². The van der Waals surface area contributed by atoms with Crippen molar-refractivity contribution in [3.63, 3.8) is 0 Å². The van der Waals surface area contributed by atoms with Gasteiger partial charge in [0.05, 0.1) is 23.8 Å². The van der Waals surface area contributed by atoms with Gasteiger partial charge in [0.2, 0.25) is 0 Å². The third-order valence-corrected chi connectivity index (χ3v) is 13.3. The molecule has 0 saturated heterocycles. The van der Waals surface area contributed by atoms with Gasteiger partial charge in [-0.3, -0.25) is 19.8 Å². The number of anilines is 6. The topological polar surface area (TPSA) is 58.0 Å². The zero-order valence-electron chi connectivity index (χ0n) is 37.5. The van der Waals surface area contributed by atoms with E-state index < -0.39 is 0 Å². The summed E-state index contributed by atoms with van der Waals surface area (Å²) in [4.78, 5) is 22.6. The van der Waals surface area contributed by atoms with Crippen LogP contribution in [0, 0.1) is 0 Å². The molecule has 9 aromatic rings. The predicted octanol–water partition coefficient (Wildman–Crippen LogP) is 15.2. The van der Waals surface area contributed by atoms with Crippen LogP contribution < -0.4 is 9.80 Å². The van der Waals surface area contributed by atoms with Crippen LogP contribution in [0.1, 0.15) is 72.2 Å². The molecule has 0 fully saturated rings. The molecule has 6 heteroatoms. The summed E-state index contributed by atoms with van der Waals surface area (Å²) >= 11 is 0. The Morgan fingerprint density at radius 2 is 0.727 bits per heavy atom. The molecular formula is C60H48N6. The molecule has 11 rings (SSSR count). The van der Waals surface area contributed by atoms with E-state index in [1.165, 1.54) is 55.6 Å². The van der Waals surface area contributed by atoms with E-state index in [0.717, 1.165) is 45.5 Å². The Morgan fingerprint density at radius 3 is 1.11 bits per heavy atom. The van der Waals surface area contributed by atoms with Crippen molar-refractivity contribution in [1.82, 2.24) is 19.9 Å². The third kappa shape index (κ3) is 7.27. The number of nitrogens with zero attached hydrogens (tertiary/aromatic N) is 6. The molecule has 66 heavy (non-hydrogen) atoms. The molecular weight excluding hydrogens is 805 g/mol. The monoisotopic (exact) mass is 852 g/mol. The molecule has 0 unspecified atom stereocenters. The van der Waals surface area contributed by atoms with Crippen molar-refractivity contribution in [2.45, 2.75) is 38.5 Å². The number of benzene rings is 5. The molecule has 5 aromatic carbocycles. The maximum atomic E-state index is 4.71. The molecule has 2 aliphatic carbocycles. The van der Waals surface area contributed by atoms with Gasteiger partial charge in [0.15, 0.2) is 0 Å². The van der Waals surface area contributed by atoms with Gasteiger partial charge < -0.3 is 0 Å². The van der Waals surface area contributed by atoms with Crippen LogP contribution in [-0.2, 0) is 10.8 Å². The molecule has 4 aromatic heterocycles. The third-order valence-electron chi connectivity index (χ3n) is 13.3. The molecule has 0 amide bonds. The Kier molecular flexibility index (Phi) is 10.1. The molecule has 0 N–H and O–H groups in total. The summed E-state index contributed by atoms with van der Waals surface area (Å²) in [7, 11) is 0. The van der Waals surface area contributed by atoms with Gasteiger partial charge in [0, 0.05) is 47.0 Å². The highest BCUT2D eigenvalue weighted by Gasteiger charge is 2.37. The van der Waals surface area contributed by atoms with Gasteiger partial charge in [0.25, 0.3) is 0 Å². The fourth-order valence-corrected chi connectivity index (χ4v) is 9.85. The van der Waals surface area contributed by atoms with Crippen molar-refractivity contribution >= 4 is 58.7 Å². The summed E-state index contributed by atoms with van der Waals surface area (Å²) < 4.78 is 0. The zero-order chi connectivity index (χ0) is 44.8. The zero-order valence-corrected chi connectivity index (χ0v) is 37.5. The summed E-state index contributed by atoms with van der Waals surface area (Å²) in [6.07, 6.45) is 19.9. The van der Waals surface area contributed by atoms with Crippen LogP contribution in [0.5, 0.6) is 0 Å². The predicted molar refractivity (Wildman–Crippen MR) is 273 cm³/mol. The smallest absolute Gasteiger partial charge is 0.137 e. The van der Waals surface area contributed by atoms with Crippen LogP contribution in [0.15, 0.2) is 195 Å². The standard InChI is InChI=1S/C60H48N6/c1-59(2)53-35-43(23-27-49(53)51-29-25-45(37-55(51)59)65(47-11-9-31-61-39-47)57-13-5-7-33-63-57)21-19-41-15-17-42(18-16-41)20-22-44-24-28-50-52-30-26-46(38-56(52)60(3,4)54(50)36-44)66(48-12-10-32-62-40-48)58-14-6-8-34-64-58/h5-40H,1-4H3/b21-19+,22-20+. The van der Waals surface area contributed by atoms with Crippen molar-refractivity contribution in [1.29, 1.82) is 0 Å². The molecule has 0 aliphatic heterocycles. The summed E-state index contributed by atoms with van der Waals surface area (Å²) in [5.41, 5.74) is 18.8. The molecule has 318 valence electrons. The van der Waals surface area contributed by atoms with Crippen molar-refractivity contribution < 1.29 is 0 Å². The van der Waals surface area contributed by atoms with Gasteiger partial charge in [-0.1, -0.05) is 137 Å². The molecule has 0 spiro atoms. The second-order valence-corrected chi connectivity index (χ2v) is 18.1. The Hall–Kier alpha value is -8.22. The van der Waals surface area contributed by atoms with Gasteiger partial charge in [-0.15, -0.1) is 0 Å². The van der Waals surface area contributed by atoms with Gasteiger partial charge >= 0.3 is 0 Å². The van der Waals surface area contributed by atoms with E-state index in [9.17, 15) is 0 Å². The van der Waals surface area contributed by atoms with E-state index in [1.807, 2.05) is 73.3 Å². The maximum Gasteiger partial charge on any atom is 0.137 e. The number of hydrogen-bond donors (Lipinski definition) is 0. The lowest BCUT2D eigenvalue weighted by molar-refractivity contribution is 0.660. The summed E-state index contributed by atoms with van der Waals surface area (Å²) in [5.74, 6) is 1.71. The van der Waals surface area contributed by atoms with Gasteiger partial charge in [-0.25, -0.2) is 9.97 Å². The highest BCUT2D eigenvalue weighted by Crippen LogP contribution is 2.52. The van der Waals surface area contributed by atoms with Crippen molar-refractivity contribution in [3.05, 3.63) is 239 Å². The number of rotatable bonds is 10. The van der Waals surface area contributed by atoms with E-state index in [-0.39, 0.29) is 10.8 Å². The van der Waals surface area contributed by atoms with Crippen molar-refractivity contribution in [3.8, 4) is 22.3 Å². The SMILES string of the molecule is CC1(C)c2cc(/C=C/c3ccc(/C=C/c4ccc5c(c4)C(C)(C)c4cc(N(c6cccnc6)c6ccccn6)ccc4-5)cc3)ccc2-c2ccc(N(c3cccnc3)c3ccccn3)cc21. The molecule has 0 saturated carbocycles. The Labute approximate surface area is 387 Å². The van der Waals surface area contributed by atoms with Crippen LogP contribution in [0.25, 0.3) is 46.6 Å². The van der Waals surface area contributed by atoms with Crippen LogP contribution in [0.4, 0.5) is 34.4 Å². The quantitative estimate of drug-likeness (QED) is 0.128. The minimum atomic E-state index is -0.186. The van der Waals surface area contributed by atoms with Crippen molar-refractivity contribution in [2.24, 2.45) is 0 Å². The highest BCUT2D eigenvalue weighted by molar-refractivity contribution is 5.88. The Bertz CT molecular complexity index is 2980. The summed E-state index contributed by atoms with van der Waals surface area (Å²) in [5, 5.41) is 0. The number of hydrogen-bond acceptors (Lipinski definition) is 6. The highest BCUT2D eigenvalue weighted by atomic mass is 15.2. The molecule has 6 nitrogen and oxygen atoms in total. The van der Waals surface area contributed by atoms with Gasteiger partial charge in [-0.05, 0) is 140 Å². The first-order chi connectivity index (χ1) is 32.2. The van der Waals surface area contributed by atoms with E-state index in [0.29, 0.717) is 0 Å². The average Bonchev–Trinajstić information content (AvgIpc) is 3.72. The lowest BCUT2D eigenvalue weighted by Crippen LogP contribution is -2.17. The molecule has 2 aliphatic rings. The lowest BCUT2D eigenvalue weighted by atomic mass is 9.81. The minimum absolute atomic E-state index is 0.186. The molecule has 4 heterocycles. The van der Waals surface area contributed by atoms with Gasteiger partial charge in [-0.2, -0.15) is 0 Å². The number of pyridine rings is 4. The fourth-order valence-electron chi connectivity index (χ4n) is 9.85. The Morgan fingerprint density at radius 1 is 0.348 bits per heavy atom. The molecule has 0 radical (unpaired) electrons. The van der Waals surface area contributed by atoms with Crippen molar-refractivity contribution in [2.75, 3.05) is 9.80 Å². The first-order valence-corrected chi connectivity index (χ1v) is 22.5. The van der Waals surface area contributed by atoms with Crippen LogP contribution in [-0.4, -0.2) is 19.9 Å². The van der Waals surface area contributed by atoms with Crippen LogP contribution >= 0.6 is 0 Å². The van der Waals surface area contributed by atoms with E-state index in [2.05, 4.69) is 181 Å². The largest absolute Gasteiger partial charge is 0.293 e. The van der Waals surface area contributed by atoms with Crippen LogP contribution in [0.3, 0.4) is 0 Å². The minimum Gasteiger partial charge on any atom is -0.293 e. The van der Waals surface area contributed by atoms with Crippen LogP contribution in [0.2, 0.25) is 0 Å². The summed E-state index contributed by atoms with van der Waals surface area (Å²) in [6, 6.07) is 56.2. The lowest BCUT2D eigenvalue weighted by Gasteiger charge is -2.27. The Balaban J connectivity index is 0.796. The second kappa shape index (κ2) is 16.4. The second-order valence-electron chi connectivity index (χ2n) is 18.1. The summed E-state index contributed by atoms with van der Waals surface area (Å²) in [6.45, 7) is 9.32. The molecule has 0 atom stereocenters. The van der Waals surface area contributed by atoms with E-state index >= 15 is 0 Å². The van der Waals surface area contributed by atoms with E-state index in [1.54, 1.807) is 12.4 Å². The first-order valence-electron chi connectivity index (χ1n) is 22.5. The first kappa shape index (κ1) is 40.5.